The lowest BCUT2D eigenvalue weighted by atomic mass is 10.0. The van der Waals surface area contributed by atoms with E-state index in [1.54, 1.807) is 0 Å². The van der Waals surface area contributed by atoms with Gasteiger partial charge in [-0.05, 0) is 38.6 Å². The molecule has 0 aliphatic carbocycles. The molecule has 1 aromatic rings. The highest BCUT2D eigenvalue weighted by Crippen LogP contribution is 2.31. The molecule has 136 valence electrons. The fraction of sp³-hybridized carbons (Fsp3) is 0.737. The number of rotatable bonds is 3. The van der Waals surface area contributed by atoms with E-state index >= 15 is 0 Å². The van der Waals surface area contributed by atoms with E-state index in [1.807, 2.05) is 0 Å². The zero-order chi connectivity index (χ0) is 17.6. The number of nitrogens with zero attached hydrogens (tertiary/aromatic N) is 4. The molecule has 2 atom stereocenters. The highest BCUT2D eigenvalue weighted by molar-refractivity contribution is 5.96. The van der Waals surface area contributed by atoms with E-state index < -0.39 is 0 Å². The second kappa shape index (κ2) is 6.56. The van der Waals surface area contributed by atoms with Gasteiger partial charge in [0.2, 0.25) is 0 Å². The average Bonchev–Trinajstić information content (AvgIpc) is 3.01. The van der Waals surface area contributed by atoms with Crippen LogP contribution in [0.2, 0.25) is 0 Å². The van der Waals surface area contributed by atoms with Crippen LogP contribution in [0.25, 0.3) is 0 Å². The van der Waals surface area contributed by atoms with Crippen molar-refractivity contribution in [3.63, 3.8) is 0 Å². The highest BCUT2D eigenvalue weighted by Gasteiger charge is 2.37. The van der Waals surface area contributed by atoms with Gasteiger partial charge in [0.1, 0.15) is 17.3 Å². The number of carbonyl (C=O) groups excluding carboxylic acids is 1. The summed E-state index contributed by atoms with van der Waals surface area (Å²) in [5, 5.41) is 2.94. The van der Waals surface area contributed by atoms with Crippen LogP contribution in [-0.2, 0) is 12.8 Å². The minimum Gasteiger partial charge on any atom is -0.351 e. The molecule has 25 heavy (non-hydrogen) atoms. The van der Waals surface area contributed by atoms with Crippen molar-refractivity contribution in [3.8, 4) is 0 Å². The standard InChI is InChI=1S/C19H29N5O/c1-12(2)9-16-21-17-15(6-7-20-19(17)25)18(22-16)24-11-14-5-4-8-23(14)10-13(24)3/h12-14H,4-11H2,1-3H3,(H,20,25)/t13-,14-/m1/s1. The second-order valence-electron chi connectivity index (χ2n) is 8.19. The fourth-order valence-corrected chi connectivity index (χ4v) is 4.50. The molecule has 3 aliphatic heterocycles. The Morgan fingerprint density at radius 2 is 2.12 bits per heavy atom. The summed E-state index contributed by atoms with van der Waals surface area (Å²) >= 11 is 0. The molecule has 1 N–H and O–H groups in total. The van der Waals surface area contributed by atoms with E-state index in [4.69, 9.17) is 4.98 Å². The van der Waals surface area contributed by atoms with E-state index in [0.29, 0.717) is 30.2 Å². The number of piperazine rings is 1. The molecule has 6 nitrogen and oxygen atoms in total. The van der Waals surface area contributed by atoms with Gasteiger partial charge in [0.15, 0.2) is 0 Å². The van der Waals surface area contributed by atoms with Gasteiger partial charge in [-0.1, -0.05) is 13.8 Å². The predicted octanol–water partition coefficient (Wildman–Crippen LogP) is 1.63. The van der Waals surface area contributed by atoms with E-state index in [1.165, 1.54) is 19.4 Å². The quantitative estimate of drug-likeness (QED) is 0.904. The van der Waals surface area contributed by atoms with Gasteiger partial charge in [-0.3, -0.25) is 9.69 Å². The third-order valence-electron chi connectivity index (χ3n) is 5.71. The third kappa shape index (κ3) is 3.12. The molecule has 0 bridgehead atoms. The van der Waals surface area contributed by atoms with Crippen LogP contribution in [0.3, 0.4) is 0 Å². The molecule has 0 radical (unpaired) electrons. The monoisotopic (exact) mass is 343 g/mol. The molecule has 0 aromatic carbocycles. The van der Waals surface area contributed by atoms with Crippen LogP contribution in [0.15, 0.2) is 0 Å². The summed E-state index contributed by atoms with van der Waals surface area (Å²) in [6.07, 6.45) is 4.21. The lowest BCUT2D eigenvalue weighted by Gasteiger charge is -2.44. The second-order valence-corrected chi connectivity index (χ2v) is 8.19. The molecular weight excluding hydrogens is 314 g/mol. The molecule has 0 unspecified atom stereocenters. The minimum absolute atomic E-state index is 0.0398. The van der Waals surface area contributed by atoms with Gasteiger partial charge in [-0.2, -0.15) is 0 Å². The molecule has 2 fully saturated rings. The van der Waals surface area contributed by atoms with Crippen molar-refractivity contribution in [2.24, 2.45) is 5.92 Å². The SMILES string of the molecule is CC(C)Cc1nc2c(c(N3C[C@H]4CCCN4C[C@H]3C)n1)CCNC2=O. The van der Waals surface area contributed by atoms with Gasteiger partial charge < -0.3 is 10.2 Å². The van der Waals surface area contributed by atoms with E-state index in [2.05, 4.69) is 40.9 Å². The Labute approximate surface area is 150 Å². The summed E-state index contributed by atoms with van der Waals surface area (Å²) in [5.74, 6) is 2.26. The average molecular weight is 343 g/mol. The number of hydrogen-bond acceptors (Lipinski definition) is 5. The summed E-state index contributed by atoms with van der Waals surface area (Å²) in [4.78, 5) is 27.1. The smallest absolute Gasteiger partial charge is 0.270 e. The number of hydrogen-bond donors (Lipinski definition) is 1. The number of anilines is 1. The minimum atomic E-state index is -0.0398. The first-order chi connectivity index (χ1) is 12.0. The van der Waals surface area contributed by atoms with Crippen LogP contribution in [-0.4, -0.2) is 59.0 Å². The highest BCUT2D eigenvalue weighted by atomic mass is 16.1. The van der Waals surface area contributed by atoms with Crippen LogP contribution in [0.4, 0.5) is 5.82 Å². The Kier molecular flexibility index (Phi) is 4.40. The van der Waals surface area contributed by atoms with Gasteiger partial charge >= 0.3 is 0 Å². The van der Waals surface area contributed by atoms with Crippen LogP contribution >= 0.6 is 0 Å². The number of aromatic nitrogens is 2. The predicted molar refractivity (Wildman–Crippen MR) is 98.0 cm³/mol. The summed E-state index contributed by atoms with van der Waals surface area (Å²) < 4.78 is 0. The van der Waals surface area contributed by atoms with Gasteiger partial charge in [0.25, 0.3) is 5.91 Å². The normalized spacial score (nSPS) is 26.6. The number of amides is 1. The first kappa shape index (κ1) is 16.8. The van der Waals surface area contributed by atoms with E-state index in [9.17, 15) is 4.79 Å². The van der Waals surface area contributed by atoms with Crippen LogP contribution < -0.4 is 10.2 Å². The molecule has 2 saturated heterocycles. The van der Waals surface area contributed by atoms with Crippen molar-refractivity contribution >= 4 is 11.7 Å². The lowest BCUT2D eigenvalue weighted by molar-refractivity contribution is 0.0939. The summed E-state index contributed by atoms with van der Waals surface area (Å²) in [7, 11) is 0. The van der Waals surface area contributed by atoms with Crippen molar-refractivity contribution in [2.75, 3.05) is 31.1 Å². The summed E-state index contributed by atoms with van der Waals surface area (Å²) in [6, 6.07) is 1.05. The van der Waals surface area contributed by atoms with E-state index in [0.717, 1.165) is 43.1 Å². The zero-order valence-electron chi connectivity index (χ0n) is 15.6. The van der Waals surface area contributed by atoms with Crippen LogP contribution in [0.1, 0.15) is 55.5 Å². The number of carbonyl (C=O) groups is 1. The first-order valence-electron chi connectivity index (χ1n) is 9.71. The maximum absolute atomic E-state index is 12.4. The Morgan fingerprint density at radius 1 is 1.28 bits per heavy atom. The largest absolute Gasteiger partial charge is 0.351 e. The molecular formula is C19H29N5O. The molecule has 6 heteroatoms. The van der Waals surface area contributed by atoms with Crippen molar-refractivity contribution < 1.29 is 4.79 Å². The Hall–Kier alpha value is -1.69. The van der Waals surface area contributed by atoms with Gasteiger partial charge in [-0.25, -0.2) is 9.97 Å². The third-order valence-corrected chi connectivity index (χ3v) is 5.71. The van der Waals surface area contributed by atoms with Crippen LogP contribution in [0, 0.1) is 5.92 Å². The Balaban J connectivity index is 1.74. The van der Waals surface area contributed by atoms with Crippen LogP contribution in [0.5, 0.6) is 0 Å². The Bertz CT molecular complexity index is 674. The maximum atomic E-state index is 12.4. The van der Waals surface area contributed by atoms with E-state index in [-0.39, 0.29) is 5.91 Å². The lowest BCUT2D eigenvalue weighted by Crippen LogP contribution is -2.56. The molecule has 3 aliphatic rings. The summed E-state index contributed by atoms with van der Waals surface area (Å²) in [6.45, 7) is 10.6. The van der Waals surface area contributed by atoms with Gasteiger partial charge in [0, 0.05) is 43.7 Å². The van der Waals surface area contributed by atoms with Gasteiger partial charge in [0.05, 0.1) is 0 Å². The summed E-state index contributed by atoms with van der Waals surface area (Å²) in [5.41, 5.74) is 1.66. The van der Waals surface area contributed by atoms with Crippen molar-refractivity contribution in [3.05, 3.63) is 17.1 Å². The zero-order valence-corrected chi connectivity index (χ0v) is 15.6. The number of fused-ring (bicyclic) bond motifs is 2. The van der Waals surface area contributed by atoms with Crippen molar-refractivity contribution in [2.45, 2.75) is 58.5 Å². The first-order valence-corrected chi connectivity index (χ1v) is 9.71. The molecule has 0 saturated carbocycles. The van der Waals surface area contributed by atoms with Gasteiger partial charge in [-0.15, -0.1) is 0 Å². The number of nitrogens with one attached hydrogen (secondary N) is 1. The van der Waals surface area contributed by atoms with Crippen molar-refractivity contribution in [1.82, 2.24) is 20.2 Å². The maximum Gasteiger partial charge on any atom is 0.270 e. The molecule has 0 spiro atoms. The molecule has 4 rings (SSSR count). The fourth-order valence-electron chi connectivity index (χ4n) is 4.50. The Morgan fingerprint density at radius 3 is 2.92 bits per heavy atom. The van der Waals surface area contributed by atoms with Crippen molar-refractivity contribution in [1.29, 1.82) is 0 Å². The molecule has 4 heterocycles. The topological polar surface area (TPSA) is 61.4 Å². The molecule has 1 amide bonds. The molecule has 1 aromatic heterocycles.